The minimum absolute atomic E-state index is 0.0562. The first kappa shape index (κ1) is 14.2. The summed E-state index contributed by atoms with van der Waals surface area (Å²) in [5.41, 5.74) is 2.38. The number of halogens is 2. The summed E-state index contributed by atoms with van der Waals surface area (Å²) < 4.78 is 14.8. The number of carbonyl (C=O) groups is 1. The summed E-state index contributed by atoms with van der Waals surface area (Å²) >= 11 is 3.34. The van der Waals surface area contributed by atoms with Crippen LogP contribution in [-0.2, 0) is 17.9 Å². The predicted molar refractivity (Wildman–Crippen MR) is 83.4 cm³/mol. The van der Waals surface area contributed by atoms with E-state index in [1.807, 2.05) is 24.3 Å². The molecule has 2 aromatic carbocycles. The van der Waals surface area contributed by atoms with Gasteiger partial charge in [0.05, 0.1) is 13.1 Å². The highest BCUT2D eigenvalue weighted by Gasteiger charge is 2.22. The fourth-order valence-electron chi connectivity index (χ4n) is 2.47. The number of carbonyl (C=O) groups excluding carboxylic acids is 1. The van der Waals surface area contributed by atoms with Crippen molar-refractivity contribution in [3.05, 3.63) is 63.9 Å². The molecule has 0 atom stereocenters. The number of nitrogens with zero attached hydrogens (tertiary/aromatic N) is 1. The van der Waals surface area contributed by atoms with Crippen LogP contribution >= 0.6 is 15.9 Å². The SMILES string of the molecule is O=C1CNCc2ccccc2N1Cc1cc(Br)ccc1F. The number of para-hydroxylation sites is 1. The molecule has 0 radical (unpaired) electrons. The standard InChI is InChI=1S/C16H14BrFN2O/c17-13-5-6-14(18)12(7-13)10-20-15-4-2-1-3-11(15)8-19-9-16(20)21/h1-7,19H,8-10H2. The quantitative estimate of drug-likeness (QED) is 0.903. The lowest BCUT2D eigenvalue weighted by Gasteiger charge is -2.23. The molecule has 0 saturated heterocycles. The Kier molecular flexibility index (Phi) is 4.03. The van der Waals surface area contributed by atoms with Gasteiger partial charge in [0, 0.05) is 22.3 Å². The first-order chi connectivity index (χ1) is 10.1. The van der Waals surface area contributed by atoms with E-state index in [0.717, 1.165) is 15.7 Å². The molecule has 0 aromatic heterocycles. The van der Waals surface area contributed by atoms with Crippen molar-refractivity contribution in [1.82, 2.24) is 5.32 Å². The van der Waals surface area contributed by atoms with Crippen molar-refractivity contribution in [2.75, 3.05) is 11.4 Å². The maximum atomic E-state index is 14.0. The Bertz CT molecular complexity index is 690. The third-order valence-corrected chi connectivity index (χ3v) is 4.00. The Hall–Kier alpha value is -1.72. The maximum absolute atomic E-state index is 14.0. The fraction of sp³-hybridized carbons (Fsp3) is 0.188. The smallest absolute Gasteiger partial charge is 0.241 e. The van der Waals surface area contributed by atoms with Crippen molar-refractivity contribution in [3.63, 3.8) is 0 Å². The molecule has 0 aliphatic carbocycles. The van der Waals surface area contributed by atoms with Gasteiger partial charge in [-0.2, -0.15) is 0 Å². The van der Waals surface area contributed by atoms with E-state index < -0.39 is 0 Å². The first-order valence-corrected chi connectivity index (χ1v) is 7.47. The highest BCUT2D eigenvalue weighted by atomic mass is 79.9. The Morgan fingerprint density at radius 1 is 1.19 bits per heavy atom. The molecule has 0 saturated carbocycles. The molecule has 5 heteroatoms. The van der Waals surface area contributed by atoms with Crippen molar-refractivity contribution < 1.29 is 9.18 Å². The molecule has 3 nitrogen and oxygen atoms in total. The summed E-state index contributed by atoms with van der Waals surface area (Å²) in [4.78, 5) is 13.9. The average molecular weight is 349 g/mol. The van der Waals surface area contributed by atoms with Gasteiger partial charge in [0.25, 0.3) is 0 Å². The van der Waals surface area contributed by atoms with Crippen molar-refractivity contribution >= 4 is 27.5 Å². The molecule has 3 rings (SSSR count). The van der Waals surface area contributed by atoms with Crippen LogP contribution in [0.5, 0.6) is 0 Å². The molecule has 0 bridgehead atoms. The van der Waals surface area contributed by atoms with Crippen LogP contribution in [0.3, 0.4) is 0 Å². The molecule has 1 aliphatic rings. The van der Waals surface area contributed by atoms with Gasteiger partial charge in [-0.15, -0.1) is 0 Å². The summed E-state index contributed by atoms with van der Waals surface area (Å²) in [6, 6.07) is 12.5. The summed E-state index contributed by atoms with van der Waals surface area (Å²) in [5, 5.41) is 3.10. The lowest BCUT2D eigenvalue weighted by Crippen LogP contribution is -2.35. The van der Waals surface area contributed by atoms with Crippen molar-refractivity contribution in [2.24, 2.45) is 0 Å². The molecular weight excluding hydrogens is 335 g/mol. The topological polar surface area (TPSA) is 32.3 Å². The number of nitrogens with one attached hydrogen (secondary N) is 1. The Balaban J connectivity index is 2.00. The van der Waals surface area contributed by atoms with Crippen LogP contribution in [0.1, 0.15) is 11.1 Å². The number of hydrogen-bond donors (Lipinski definition) is 1. The van der Waals surface area contributed by atoms with Gasteiger partial charge in [-0.05, 0) is 29.8 Å². The minimum atomic E-state index is -0.305. The molecule has 1 amide bonds. The molecule has 1 N–H and O–H groups in total. The highest BCUT2D eigenvalue weighted by Crippen LogP contribution is 2.26. The first-order valence-electron chi connectivity index (χ1n) is 6.68. The second kappa shape index (κ2) is 5.95. The summed E-state index contributed by atoms with van der Waals surface area (Å²) in [6.07, 6.45) is 0. The van der Waals surface area contributed by atoms with Crippen LogP contribution in [0, 0.1) is 5.82 Å². The number of anilines is 1. The van der Waals surface area contributed by atoms with Crippen LogP contribution < -0.4 is 10.2 Å². The number of benzene rings is 2. The third kappa shape index (κ3) is 2.99. The largest absolute Gasteiger partial charge is 0.306 e. The van der Waals surface area contributed by atoms with Gasteiger partial charge >= 0.3 is 0 Å². The fourth-order valence-corrected chi connectivity index (χ4v) is 2.87. The zero-order valence-corrected chi connectivity index (χ0v) is 12.9. The van der Waals surface area contributed by atoms with Crippen LogP contribution in [0.15, 0.2) is 46.9 Å². The van der Waals surface area contributed by atoms with Crippen LogP contribution in [0.2, 0.25) is 0 Å². The summed E-state index contributed by atoms with van der Waals surface area (Å²) in [6.45, 7) is 1.12. The van der Waals surface area contributed by atoms with E-state index >= 15 is 0 Å². The Morgan fingerprint density at radius 3 is 2.86 bits per heavy atom. The zero-order chi connectivity index (χ0) is 14.8. The van der Waals surface area contributed by atoms with E-state index in [1.165, 1.54) is 6.07 Å². The van der Waals surface area contributed by atoms with Crippen LogP contribution in [-0.4, -0.2) is 12.5 Å². The van der Waals surface area contributed by atoms with Crippen molar-refractivity contribution in [1.29, 1.82) is 0 Å². The second-order valence-corrected chi connectivity index (χ2v) is 5.86. The molecule has 0 spiro atoms. The Morgan fingerprint density at radius 2 is 2.00 bits per heavy atom. The van der Waals surface area contributed by atoms with E-state index in [-0.39, 0.29) is 24.8 Å². The number of fused-ring (bicyclic) bond motifs is 1. The third-order valence-electron chi connectivity index (χ3n) is 3.51. The molecule has 21 heavy (non-hydrogen) atoms. The highest BCUT2D eigenvalue weighted by molar-refractivity contribution is 9.10. The van der Waals surface area contributed by atoms with Gasteiger partial charge in [0.2, 0.25) is 5.91 Å². The molecule has 0 unspecified atom stereocenters. The predicted octanol–water partition coefficient (Wildman–Crippen LogP) is 3.22. The van der Waals surface area contributed by atoms with E-state index in [9.17, 15) is 9.18 Å². The van der Waals surface area contributed by atoms with E-state index in [4.69, 9.17) is 0 Å². The lowest BCUT2D eigenvalue weighted by molar-refractivity contribution is -0.117. The molecule has 0 fully saturated rings. The molecule has 108 valence electrons. The van der Waals surface area contributed by atoms with E-state index in [1.54, 1.807) is 17.0 Å². The van der Waals surface area contributed by atoms with Crippen molar-refractivity contribution in [2.45, 2.75) is 13.1 Å². The molecular formula is C16H14BrFN2O. The zero-order valence-electron chi connectivity index (χ0n) is 11.3. The monoisotopic (exact) mass is 348 g/mol. The van der Waals surface area contributed by atoms with Gasteiger partial charge in [-0.3, -0.25) is 4.79 Å². The van der Waals surface area contributed by atoms with Gasteiger partial charge in [-0.25, -0.2) is 4.39 Å². The van der Waals surface area contributed by atoms with E-state index in [2.05, 4.69) is 21.2 Å². The second-order valence-electron chi connectivity index (χ2n) is 4.95. The van der Waals surface area contributed by atoms with Gasteiger partial charge in [-0.1, -0.05) is 34.1 Å². The lowest BCUT2D eigenvalue weighted by atomic mass is 10.1. The number of hydrogen-bond acceptors (Lipinski definition) is 2. The summed E-state index contributed by atoms with van der Waals surface area (Å²) in [7, 11) is 0. The van der Waals surface area contributed by atoms with Crippen molar-refractivity contribution in [3.8, 4) is 0 Å². The molecule has 1 heterocycles. The van der Waals surface area contributed by atoms with Gasteiger partial charge < -0.3 is 10.2 Å². The molecule has 1 aliphatic heterocycles. The van der Waals surface area contributed by atoms with Gasteiger partial charge in [0.1, 0.15) is 5.82 Å². The van der Waals surface area contributed by atoms with Crippen LogP contribution in [0.25, 0.3) is 0 Å². The Labute approximate surface area is 130 Å². The molecule has 2 aromatic rings. The van der Waals surface area contributed by atoms with Crippen LogP contribution in [0.4, 0.5) is 10.1 Å². The average Bonchev–Trinajstić information content (AvgIpc) is 2.63. The summed E-state index contributed by atoms with van der Waals surface area (Å²) in [5.74, 6) is -0.361. The number of rotatable bonds is 2. The minimum Gasteiger partial charge on any atom is -0.306 e. The maximum Gasteiger partial charge on any atom is 0.241 e. The number of amides is 1. The van der Waals surface area contributed by atoms with E-state index in [0.29, 0.717) is 12.1 Å². The normalized spacial score (nSPS) is 14.8. The van der Waals surface area contributed by atoms with Gasteiger partial charge in [0.15, 0.2) is 0 Å².